The number of aromatic nitrogens is 1. The van der Waals surface area contributed by atoms with Crippen LogP contribution in [-0.4, -0.2) is 94.7 Å². The Hall–Kier alpha value is -6.51. The largest absolute Gasteiger partial charge is 0.487 e. The van der Waals surface area contributed by atoms with Gasteiger partial charge in [0.1, 0.15) is 29.4 Å². The van der Waals surface area contributed by atoms with Crippen molar-refractivity contribution in [2.24, 2.45) is 11.3 Å². The lowest BCUT2D eigenvalue weighted by atomic mass is 9.63. The van der Waals surface area contributed by atoms with Crippen LogP contribution in [0.3, 0.4) is 0 Å². The first-order valence-corrected chi connectivity index (χ1v) is 24.8. The summed E-state index contributed by atoms with van der Waals surface area (Å²) in [4.78, 5) is 76.1. The van der Waals surface area contributed by atoms with Crippen LogP contribution >= 0.6 is 11.6 Å². The molecule has 6 aliphatic rings. The van der Waals surface area contributed by atoms with Crippen LogP contribution in [0.15, 0.2) is 66.9 Å². The Balaban J connectivity index is 0.892. The third-order valence-electron chi connectivity index (χ3n) is 15.1. The SMILES string of the molecule is C[C@@H]1CN(C(=O)[C@@H]2N[C@@H](CC(C)(C)C)[C@@]3(CNc4cc(C(F)(F)F)ncc43)[C@H]2c2cccc(Cl)c2F)c2ccc(C(=O)N3CCC[C@@H](CC#Cc4cccc5c4CN([C@H]4CCC(=O)NC4=O)C5=O)C3)cc2O1. The Morgan fingerprint density at radius 2 is 1.81 bits per heavy atom. The van der Waals surface area contributed by atoms with Crippen LogP contribution in [0.5, 0.6) is 5.75 Å². The highest BCUT2D eigenvalue weighted by Crippen LogP contribution is 2.57. The zero-order chi connectivity index (χ0) is 51.0. The number of pyridine rings is 1. The Morgan fingerprint density at radius 1 is 1.01 bits per heavy atom. The minimum atomic E-state index is -4.71. The molecule has 3 aromatic carbocycles. The molecule has 13 nitrogen and oxygen atoms in total. The van der Waals surface area contributed by atoms with Crippen molar-refractivity contribution in [2.75, 3.05) is 36.4 Å². The van der Waals surface area contributed by atoms with Gasteiger partial charge in [-0.1, -0.05) is 62.4 Å². The highest BCUT2D eigenvalue weighted by atomic mass is 35.5. The molecule has 3 N–H and O–H groups in total. The van der Waals surface area contributed by atoms with Gasteiger partial charge in [-0.3, -0.25) is 34.3 Å². The number of rotatable bonds is 6. The summed E-state index contributed by atoms with van der Waals surface area (Å²) in [5.74, 6) is 3.53. The molecule has 376 valence electrons. The number of halogens is 5. The number of carbonyl (C=O) groups excluding carboxylic acids is 5. The van der Waals surface area contributed by atoms with Crippen molar-refractivity contribution in [1.29, 1.82) is 0 Å². The fourth-order valence-electron chi connectivity index (χ4n) is 11.9. The molecule has 7 heterocycles. The standard InChI is InChI=1S/C54H54ClF4N7O6/c1-29-25-65(51(71)47-45(34-14-7-15-37(55)46(34)56)53(43(62-47)23-52(2,3)4)28-61-38-22-42(54(57,58)59)60-24-36(38)53)39-17-16-32(21-41(39)72-29)49(69)64-20-8-10-30(26-64)9-5-11-31-12-6-13-33-35(31)27-66(50(33)70)40-18-19-44(67)63-48(40)68/h6-7,12-17,21-22,24,29-30,40,43,45,47,61-62H,8-10,18-20,23,25-28H2,1-4H3,(H,63,67,68)/t29-,30-,40+,43+,45+,47-,53+/m1/s1. The lowest BCUT2D eigenvalue weighted by Crippen LogP contribution is -2.52. The molecule has 3 fully saturated rings. The van der Waals surface area contributed by atoms with Gasteiger partial charge in [0.2, 0.25) is 17.7 Å². The summed E-state index contributed by atoms with van der Waals surface area (Å²) in [7, 11) is 0. The van der Waals surface area contributed by atoms with E-state index in [1.165, 1.54) is 17.2 Å². The van der Waals surface area contributed by atoms with E-state index in [0.29, 0.717) is 59.6 Å². The second-order valence-electron chi connectivity index (χ2n) is 21.1. The summed E-state index contributed by atoms with van der Waals surface area (Å²) < 4.78 is 64.8. The summed E-state index contributed by atoms with van der Waals surface area (Å²) in [6.07, 6.45) is -1.01. The summed E-state index contributed by atoms with van der Waals surface area (Å²) >= 11 is 6.44. The number of amides is 5. The lowest BCUT2D eigenvalue weighted by molar-refractivity contribution is -0.141. The maximum absolute atomic E-state index is 16.5. The van der Waals surface area contributed by atoms with Crippen LogP contribution < -0.4 is 25.6 Å². The fourth-order valence-corrected chi connectivity index (χ4v) is 12.0. The normalized spacial score (nSPS) is 25.8. The molecule has 5 amide bonds. The molecule has 7 atom stereocenters. The van der Waals surface area contributed by atoms with Gasteiger partial charge in [0.25, 0.3) is 11.8 Å². The van der Waals surface area contributed by atoms with Crippen molar-refractivity contribution in [3.8, 4) is 17.6 Å². The lowest BCUT2D eigenvalue weighted by Gasteiger charge is -2.40. The van der Waals surface area contributed by atoms with E-state index in [0.717, 1.165) is 24.5 Å². The van der Waals surface area contributed by atoms with Crippen molar-refractivity contribution >= 4 is 52.5 Å². The maximum atomic E-state index is 16.5. The van der Waals surface area contributed by atoms with Crippen LogP contribution in [0.25, 0.3) is 0 Å². The Morgan fingerprint density at radius 3 is 2.57 bits per heavy atom. The average Bonchev–Trinajstić information content (AvgIpc) is 3.99. The number of fused-ring (bicyclic) bond motifs is 4. The van der Waals surface area contributed by atoms with E-state index < -0.39 is 65.1 Å². The molecule has 0 radical (unpaired) electrons. The Kier molecular flexibility index (Phi) is 12.6. The monoisotopic (exact) mass is 1010 g/mol. The smallest absolute Gasteiger partial charge is 0.433 e. The van der Waals surface area contributed by atoms with Crippen molar-refractivity contribution in [3.05, 3.63) is 117 Å². The highest BCUT2D eigenvalue weighted by Gasteiger charge is 2.63. The van der Waals surface area contributed by atoms with Gasteiger partial charge in [0.05, 0.1) is 23.3 Å². The third kappa shape index (κ3) is 8.84. The first-order valence-electron chi connectivity index (χ1n) is 24.4. The van der Waals surface area contributed by atoms with Crippen LogP contribution in [0.1, 0.15) is 121 Å². The van der Waals surface area contributed by atoms with Crippen LogP contribution in [0, 0.1) is 29.0 Å². The topological polar surface area (TPSA) is 153 Å². The van der Waals surface area contributed by atoms with Gasteiger partial charge in [-0.2, -0.15) is 13.2 Å². The molecule has 0 bridgehead atoms. The number of piperidine rings is 2. The maximum Gasteiger partial charge on any atom is 0.433 e. The summed E-state index contributed by atoms with van der Waals surface area (Å²) in [6.45, 7) is 9.32. The Bertz CT molecular complexity index is 2990. The predicted octanol–water partition coefficient (Wildman–Crippen LogP) is 7.99. The molecule has 4 aromatic rings. The number of carbonyl (C=O) groups is 5. The molecule has 1 spiro atoms. The van der Waals surface area contributed by atoms with E-state index >= 15 is 9.18 Å². The number of ether oxygens (including phenoxy) is 1. The molecular formula is C54H54ClF4N7O6. The molecule has 3 saturated heterocycles. The van der Waals surface area contributed by atoms with Gasteiger partial charge in [-0.05, 0) is 97.5 Å². The van der Waals surface area contributed by atoms with Gasteiger partial charge in [0.15, 0.2) is 0 Å². The zero-order valence-corrected chi connectivity index (χ0v) is 41.0. The summed E-state index contributed by atoms with van der Waals surface area (Å²) in [5, 5.41) is 8.96. The summed E-state index contributed by atoms with van der Waals surface area (Å²) in [6, 6.07) is 13.5. The van der Waals surface area contributed by atoms with E-state index in [4.69, 9.17) is 16.3 Å². The Labute approximate surface area is 419 Å². The molecule has 0 saturated carbocycles. The van der Waals surface area contributed by atoms with E-state index in [9.17, 15) is 32.3 Å². The molecular weight excluding hydrogens is 954 g/mol. The fraction of sp³-hybridized carbons (Fsp3) is 0.444. The average molecular weight is 1010 g/mol. The zero-order valence-electron chi connectivity index (χ0n) is 40.2. The van der Waals surface area contributed by atoms with Crippen LogP contribution in [-0.2, 0) is 32.5 Å². The van der Waals surface area contributed by atoms with Gasteiger partial charge in [-0.25, -0.2) is 4.39 Å². The first kappa shape index (κ1) is 49.1. The highest BCUT2D eigenvalue weighted by molar-refractivity contribution is 6.30. The second-order valence-corrected chi connectivity index (χ2v) is 21.6. The second kappa shape index (κ2) is 18.5. The van der Waals surface area contributed by atoms with Gasteiger partial charge < -0.3 is 30.1 Å². The van der Waals surface area contributed by atoms with E-state index in [1.807, 2.05) is 33.8 Å². The van der Waals surface area contributed by atoms with Crippen LogP contribution in [0.4, 0.5) is 28.9 Å². The molecule has 72 heavy (non-hydrogen) atoms. The van der Waals surface area contributed by atoms with E-state index in [1.54, 1.807) is 52.3 Å². The number of anilines is 2. The molecule has 18 heteroatoms. The van der Waals surface area contributed by atoms with Crippen molar-refractivity contribution in [2.45, 2.75) is 115 Å². The molecule has 10 rings (SSSR count). The van der Waals surface area contributed by atoms with Crippen LogP contribution in [0.2, 0.25) is 5.02 Å². The number of hydrogen-bond donors (Lipinski definition) is 3. The number of benzene rings is 3. The predicted molar refractivity (Wildman–Crippen MR) is 260 cm³/mol. The number of likely N-dealkylation sites (tertiary alicyclic amines) is 1. The van der Waals surface area contributed by atoms with Crippen molar-refractivity contribution in [3.63, 3.8) is 0 Å². The van der Waals surface area contributed by atoms with Crippen molar-refractivity contribution < 1.29 is 46.3 Å². The number of nitrogens with zero attached hydrogens (tertiary/aromatic N) is 4. The van der Waals surface area contributed by atoms with E-state index in [2.05, 4.69) is 32.8 Å². The van der Waals surface area contributed by atoms with Gasteiger partial charge >= 0.3 is 6.18 Å². The number of alkyl halides is 3. The number of imide groups is 1. The molecule has 0 aliphatic carbocycles. The quantitative estimate of drug-likeness (QED) is 0.0992. The van der Waals surface area contributed by atoms with Crippen molar-refractivity contribution in [1.82, 2.24) is 25.4 Å². The minimum absolute atomic E-state index is 0.0710. The molecule has 0 unspecified atom stereocenters. The number of nitrogens with one attached hydrogen (secondary N) is 3. The third-order valence-corrected chi connectivity index (χ3v) is 15.4. The van der Waals surface area contributed by atoms with E-state index in [-0.39, 0.29) is 77.8 Å². The van der Waals surface area contributed by atoms with Gasteiger partial charge in [0, 0.05) is 90.5 Å². The molecule has 1 aromatic heterocycles. The molecule has 6 aliphatic heterocycles. The first-order chi connectivity index (χ1) is 34.2. The summed E-state index contributed by atoms with van der Waals surface area (Å²) in [5.41, 5.74) is 0.943. The number of hydrogen-bond acceptors (Lipinski definition) is 9. The minimum Gasteiger partial charge on any atom is -0.487 e. The van der Waals surface area contributed by atoms with Gasteiger partial charge in [-0.15, -0.1) is 0 Å².